The fourth-order valence-electron chi connectivity index (χ4n) is 2.98. The molecule has 0 aliphatic heterocycles. The molecule has 0 bridgehead atoms. The minimum Gasteiger partial charge on any atom is -0.478 e. The molecule has 0 aliphatic rings. The molecule has 29 heavy (non-hydrogen) atoms. The number of benzene rings is 3. The second-order valence-electron chi connectivity index (χ2n) is 6.57. The Morgan fingerprint density at radius 3 is 2.31 bits per heavy atom. The van der Waals surface area contributed by atoms with Gasteiger partial charge in [0.25, 0.3) is 0 Å². The first-order chi connectivity index (χ1) is 13.9. The average molecular weight is 428 g/mol. The zero-order valence-corrected chi connectivity index (χ0v) is 17.0. The highest BCUT2D eigenvalue weighted by molar-refractivity contribution is 6.42. The Hall–Kier alpha value is -2.82. The fraction of sp³-hybridized carbons (Fsp3) is 0.130. The molecule has 1 amide bonds. The molecule has 0 spiro atoms. The summed E-state index contributed by atoms with van der Waals surface area (Å²) in [4.78, 5) is 23.9. The van der Waals surface area contributed by atoms with Gasteiger partial charge in [0.05, 0.1) is 15.6 Å². The van der Waals surface area contributed by atoms with Crippen LogP contribution in [0.4, 0.5) is 0 Å². The number of hydrogen-bond donors (Lipinski definition) is 2. The predicted octanol–water partition coefficient (Wildman–Crippen LogP) is 5.61. The third-order valence-corrected chi connectivity index (χ3v) is 5.29. The number of nitrogens with one attached hydrogen (secondary N) is 1. The Morgan fingerprint density at radius 2 is 1.62 bits per heavy atom. The molecule has 0 saturated heterocycles. The van der Waals surface area contributed by atoms with Crippen LogP contribution in [-0.2, 0) is 17.8 Å². The summed E-state index contributed by atoms with van der Waals surface area (Å²) in [5.74, 6) is -1.19. The maximum Gasteiger partial charge on any atom is 0.336 e. The van der Waals surface area contributed by atoms with Gasteiger partial charge in [-0.15, -0.1) is 0 Å². The molecule has 0 atom stereocenters. The second-order valence-corrected chi connectivity index (χ2v) is 7.38. The number of rotatable bonds is 7. The summed E-state index contributed by atoms with van der Waals surface area (Å²) in [7, 11) is 0. The van der Waals surface area contributed by atoms with E-state index in [4.69, 9.17) is 23.2 Å². The molecule has 0 aliphatic carbocycles. The van der Waals surface area contributed by atoms with Crippen molar-refractivity contribution in [2.24, 2.45) is 0 Å². The summed E-state index contributed by atoms with van der Waals surface area (Å²) < 4.78 is 0. The number of carboxylic acids is 1. The van der Waals surface area contributed by atoms with E-state index < -0.39 is 5.97 Å². The van der Waals surface area contributed by atoms with Gasteiger partial charge < -0.3 is 10.4 Å². The maximum atomic E-state index is 12.2. The summed E-state index contributed by atoms with van der Waals surface area (Å²) in [5, 5.41) is 13.3. The first-order valence-electron chi connectivity index (χ1n) is 9.06. The molecule has 0 radical (unpaired) electrons. The molecule has 0 heterocycles. The molecule has 4 nitrogen and oxygen atoms in total. The van der Waals surface area contributed by atoms with E-state index in [1.807, 2.05) is 42.5 Å². The van der Waals surface area contributed by atoms with Crippen molar-refractivity contribution in [1.82, 2.24) is 5.32 Å². The van der Waals surface area contributed by atoms with Crippen molar-refractivity contribution < 1.29 is 14.7 Å². The standard InChI is InChI=1S/C23H19Cl2NO3/c24-20-10-6-15(12-21(20)25)7-11-22(27)26-14-18-9-8-17(13-19(18)23(28)29)16-4-2-1-3-5-16/h1-6,8-10,12-13H,7,11,14H2,(H,26,27)(H,28,29). The van der Waals surface area contributed by atoms with Crippen molar-refractivity contribution >= 4 is 35.1 Å². The lowest BCUT2D eigenvalue weighted by Crippen LogP contribution is -2.24. The van der Waals surface area contributed by atoms with E-state index in [1.54, 1.807) is 24.3 Å². The molecular weight excluding hydrogens is 409 g/mol. The molecule has 0 fully saturated rings. The van der Waals surface area contributed by atoms with E-state index in [9.17, 15) is 14.7 Å². The van der Waals surface area contributed by atoms with Crippen LogP contribution < -0.4 is 5.32 Å². The number of aryl methyl sites for hydroxylation is 1. The van der Waals surface area contributed by atoms with Crippen LogP contribution in [0.15, 0.2) is 66.7 Å². The largest absolute Gasteiger partial charge is 0.478 e. The molecule has 0 saturated carbocycles. The summed E-state index contributed by atoms with van der Waals surface area (Å²) in [6, 6.07) is 20.0. The lowest BCUT2D eigenvalue weighted by molar-refractivity contribution is -0.121. The number of aromatic carboxylic acids is 1. The van der Waals surface area contributed by atoms with Crippen LogP contribution in [0, 0.1) is 0 Å². The topological polar surface area (TPSA) is 66.4 Å². The molecule has 0 unspecified atom stereocenters. The molecular formula is C23H19Cl2NO3. The summed E-state index contributed by atoms with van der Waals surface area (Å²) >= 11 is 11.9. The summed E-state index contributed by atoms with van der Waals surface area (Å²) in [6.07, 6.45) is 0.782. The van der Waals surface area contributed by atoms with Gasteiger partial charge in [0.2, 0.25) is 5.91 Å². The number of carboxylic acid groups (broad SMARTS) is 1. The number of hydrogen-bond acceptors (Lipinski definition) is 2. The van der Waals surface area contributed by atoms with Crippen LogP contribution in [0.25, 0.3) is 11.1 Å². The van der Waals surface area contributed by atoms with Gasteiger partial charge in [0, 0.05) is 13.0 Å². The molecule has 148 valence electrons. The van der Waals surface area contributed by atoms with Gasteiger partial charge in [-0.2, -0.15) is 0 Å². The van der Waals surface area contributed by atoms with Gasteiger partial charge in [0.15, 0.2) is 0 Å². The average Bonchev–Trinajstić information content (AvgIpc) is 2.73. The fourth-order valence-corrected chi connectivity index (χ4v) is 3.30. The van der Waals surface area contributed by atoms with E-state index in [0.29, 0.717) is 22.0 Å². The Balaban J connectivity index is 1.64. The molecule has 0 aromatic heterocycles. The summed E-state index contributed by atoms with van der Waals surface area (Å²) in [6.45, 7) is 0.150. The van der Waals surface area contributed by atoms with Crippen molar-refractivity contribution in [1.29, 1.82) is 0 Å². The number of amides is 1. The molecule has 3 aromatic carbocycles. The van der Waals surface area contributed by atoms with Gasteiger partial charge in [-0.25, -0.2) is 4.79 Å². The quantitative estimate of drug-likeness (QED) is 0.514. The second kappa shape index (κ2) is 9.59. The first-order valence-corrected chi connectivity index (χ1v) is 9.82. The monoisotopic (exact) mass is 427 g/mol. The Labute approximate surface area is 179 Å². The van der Waals surface area contributed by atoms with Gasteiger partial charge in [-0.1, -0.05) is 71.7 Å². The van der Waals surface area contributed by atoms with Crippen molar-refractivity contribution in [3.05, 3.63) is 93.5 Å². The van der Waals surface area contributed by atoms with Gasteiger partial charge in [-0.05, 0) is 46.9 Å². The Bertz CT molecular complexity index is 1040. The van der Waals surface area contributed by atoms with Crippen LogP contribution in [-0.4, -0.2) is 17.0 Å². The predicted molar refractivity (Wildman–Crippen MR) is 115 cm³/mol. The normalized spacial score (nSPS) is 10.6. The number of carbonyl (C=O) groups excluding carboxylic acids is 1. The minimum absolute atomic E-state index is 0.150. The Morgan fingerprint density at radius 1 is 0.862 bits per heavy atom. The SMILES string of the molecule is O=C(CCc1ccc(Cl)c(Cl)c1)NCc1ccc(-c2ccccc2)cc1C(=O)O. The molecule has 2 N–H and O–H groups in total. The minimum atomic E-state index is -1.03. The maximum absolute atomic E-state index is 12.2. The van der Waals surface area contributed by atoms with E-state index in [1.165, 1.54) is 0 Å². The van der Waals surface area contributed by atoms with Crippen molar-refractivity contribution in [3.63, 3.8) is 0 Å². The highest BCUT2D eigenvalue weighted by Crippen LogP contribution is 2.24. The zero-order chi connectivity index (χ0) is 20.8. The van der Waals surface area contributed by atoms with Crippen LogP contribution in [0.1, 0.15) is 27.9 Å². The third kappa shape index (κ3) is 5.59. The van der Waals surface area contributed by atoms with Gasteiger partial charge >= 0.3 is 5.97 Å². The molecule has 3 aromatic rings. The van der Waals surface area contributed by atoms with E-state index in [-0.39, 0.29) is 24.4 Å². The third-order valence-electron chi connectivity index (χ3n) is 4.55. The van der Waals surface area contributed by atoms with Gasteiger partial charge in [0.1, 0.15) is 0 Å². The molecule has 6 heteroatoms. The van der Waals surface area contributed by atoms with Crippen molar-refractivity contribution in [3.8, 4) is 11.1 Å². The van der Waals surface area contributed by atoms with E-state index >= 15 is 0 Å². The number of halogens is 2. The van der Waals surface area contributed by atoms with Gasteiger partial charge in [-0.3, -0.25) is 4.79 Å². The van der Waals surface area contributed by atoms with Crippen molar-refractivity contribution in [2.45, 2.75) is 19.4 Å². The lowest BCUT2D eigenvalue weighted by Gasteiger charge is -2.11. The summed E-state index contributed by atoms with van der Waals surface area (Å²) in [5.41, 5.74) is 3.40. The highest BCUT2D eigenvalue weighted by Gasteiger charge is 2.13. The van der Waals surface area contributed by atoms with Crippen LogP contribution in [0.2, 0.25) is 10.0 Å². The van der Waals surface area contributed by atoms with Crippen LogP contribution in [0.5, 0.6) is 0 Å². The lowest BCUT2D eigenvalue weighted by atomic mass is 9.99. The number of carbonyl (C=O) groups is 2. The zero-order valence-electron chi connectivity index (χ0n) is 15.5. The van der Waals surface area contributed by atoms with Crippen LogP contribution >= 0.6 is 23.2 Å². The Kier molecular flexibility index (Phi) is 6.91. The smallest absolute Gasteiger partial charge is 0.336 e. The van der Waals surface area contributed by atoms with E-state index in [0.717, 1.165) is 16.7 Å². The van der Waals surface area contributed by atoms with Crippen molar-refractivity contribution in [2.75, 3.05) is 0 Å². The highest BCUT2D eigenvalue weighted by atomic mass is 35.5. The van der Waals surface area contributed by atoms with Crippen LogP contribution in [0.3, 0.4) is 0 Å². The van der Waals surface area contributed by atoms with E-state index in [2.05, 4.69) is 5.32 Å². The first kappa shape index (κ1) is 20.9. The molecule has 3 rings (SSSR count).